The normalized spacial score (nSPS) is 11.7. The van der Waals surface area contributed by atoms with Crippen molar-refractivity contribution in [1.82, 2.24) is 0 Å². The van der Waals surface area contributed by atoms with Gasteiger partial charge in [-0.3, -0.25) is 0 Å². The van der Waals surface area contributed by atoms with Crippen LogP contribution in [0.1, 0.15) is 114 Å². The van der Waals surface area contributed by atoms with Gasteiger partial charge in [-0.2, -0.15) is 0 Å². The Labute approximate surface area is 223 Å². The van der Waals surface area contributed by atoms with E-state index in [-0.39, 0.29) is 12.8 Å². The first-order valence-electron chi connectivity index (χ1n) is 13.2. The second kappa shape index (κ2) is 9.85. The standard InChI is InChI=1S/C35H48.CH4/c1-17-20(4)26(10)32(27(11)21(17)5)35(16,33-28(12)22(6)18(2)23(7)29(33)13)34-30(14)24(8)19(3)25(9)31(34)15;/h1-16H3;1H4. The Balaban J connectivity index is 0.00000456. The summed E-state index contributed by atoms with van der Waals surface area (Å²) in [6.07, 6.45) is 0. The molecular weight excluding hydrogens is 432 g/mol. The quantitative estimate of drug-likeness (QED) is 0.324. The molecule has 0 amide bonds. The molecule has 0 bridgehead atoms. The third-order valence-corrected chi connectivity index (χ3v) is 10.5. The second-order valence-corrected chi connectivity index (χ2v) is 11.6. The van der Waals surface area contributed by atoms with Gasteiger partial charge in [-0.1, -0.05) is 7.43 Å². The van der Waals surface area contributed by atoms with Crippen molar-refractivity contribution in [3.8, 4) is 0 Å². The highest BCUT2D eigenvalue weighted by Crippen LogP contribution is 2.50. The van der Waals surface area contributed by atoms with Crippen LogP contribution in [0, 0.1) is 104 Å². The van der Waals surface area contributed by atoms with E-state index in [1.807, 2.05) is 0 Å². The van der Waals surface area contributed by atoms with Crippen LogP contribution in [-0.2, 0) is 5.41 Å². The van der Waals surface area contributed by atoms with Crippen molar-refractivity contribution < 1.29 is 0 Å². The largest absolute Gasteiger partial charge is 0.0776 e. The summed E-state index contributed by atoms with van der Waals surface area (Å²) in [5, 5.41) is 0. The predicted octanol–water partition coefficient (Wildman–Crippen LogP) is 10.3. The van der Waals surface area contributed by atoms with E-state index in [1.165, 1.54) is 100 Å². The molecule has 36 heavy (non-hydrogen) atoms. The summed E-state index contributed by atoms with van der Waals surface area (Å²) in [5.41, 5.74) is 25.8. The van der Waals surface area contributed by atoms with Crippen molar-refractivity contribution in [2.24, 2.45) is 0 Å². The highest BCUT2D eigenvalue weighted by atomic mass is 14.4. The number of hydrogen-bond acceptors (Lipinski definition) is 0. The topological polar surface area (TPSA) is 0 Å². The van der Waals surface area contributed by atoms with Gasteiger partial charge in [0, 0.05) is 5.41 Å². The van der Waals surface area contributed by atoms with E-state index in [1.54, 1.807) is 0 Å². The fraction of sp³-hybridized carbons (Fsp3) is 0.500. The summed E-state index contributed by atoms with van der Waals surface area (Å²) in [6, 6.07) is 0. The molecule has 0 heteroatoms. The molecule has 0 aliphatic rings. The maximum Gasteiger partial charge on any atom is 0.0439 e. The van der Waals surface area contributed by atoms with E-state index in [2.05, 4.69) is 111 Å². The van der Waals surface area contributed by atoms with Gasteiger partial charge in [-0.25, -0.2) is 0 Å². The molecule has 3 aromatic rings. The third kappa shape index (κ3) is 3.87. The van der Waals surface area contributed by atoms with Crippen molar-refractivity contribution in [2.75, 3.05) is 0 Å². The zero-order valence-corrected chi connectivity index (χ0v) is 25.5. The summed E-state index contributed by atoms with van der Waals surface area (Å²) in [4.78, 5) is 0. The maximum atomic E-state index is 2.53. The molecule has 0 unspecified atom stereocenters. The first-order chi connectivity index (χ1) is 16.0. The van der Waals surface area contributed by atoms with E-state index in [0.29, 0.717) is 0 Å². The Morgan fingerprint density at radius 2 is 0.361 bits per heavy atom. The molecule has 0 aliphatic heterocycles. The molecular formula is C36H52. The summed E-state index contributed by atoms with van der Waals surface area (Å²) in [5.74, 6) is 0. The Morgan fingerprint density at radius 1 is 0.250 bits per heavy atom. The van der Waals surface area contributed by atoms with Gasteiger partial charge in [0.15, 0.2) is 0 Å². The van der Waals surface area contributed by atoms with Crippen LogP contribution in [0.2, 0.25) is 0 Å². The fourth-order valence-corrected chi connectivity index (χ4v) is 7.12. The zero-order chi connectivity index (χ0) is 26.9. The average Bonchev–Trinajstić information content (AvgIpc) is 2.81. The summed E-state index contributed by atoms with van der Waals surface area (Å²) >= 11 is 0. The van der Waals surface area contributed by atoms with Gasteiger partial charge in [0.25, 0.3) is 0 Å². The van der Waals surface area contributed by atoms with Crippen molar-refractivity contribution in [3.05, 3.63) is 100 Å². The van der Waals surface area contributed by atoms with Crippen LogP contribution in [0.15, 0.2) is 0 Å². The molecule has 0 fully saturated rings. The fourth-order valence-electron chi connectivity index (χ4n) is 7.12. The molecule has 0 heterocycles. The monoisotopic (exact) mass is 484 g/mol. The molecule has 0 aromatic heterocycles. The van der Waals surface area contributed by atoms with Gasteiger partial charge in [0.1, 0.15) is 0 Å². The zero-order valence-electron chi connectivity index (χ0n) is 25.5. The first-order valence-corrected chi connectivity index (χ1v) is 13.2. The van der Waals surface area contributed by atoms with Gasteiger partial charge in [-0.05, 0) is 211 Å². The molecule has 0 radical (unpaired) electrons. The van der Waals surface area contributed by atoms with Gasteiger partial charge in [0.2, 0.25) is 0 Å². The minimum absolute atomic E-state index is 0. The van der Waals surface area contributed by atoms with Gasteiger partial charge in [-0.15, -0.1) is 0 Å². The predicted molar refractivity (Wildman–Crippen MR) is 163 cm³/mol. The molecule has 0 N–H and O–H groups in total. The minimum atomic E-state index is -0.258. The van der Waals surface area contributed by atoms with E-state index >= 15 is 0 Å². The van der Waals surface area contributed by atoms with Gasteiger partial charge >= 0.3 is 0 Å². The first kappa shape index (κ1) is 29.9. The number of benzene rings is 3. The average molecular weight is 485 g/mol. The molecule has 0 spiro atoms. The molecule has 196 valence electrons. The minimum Gasteiger partial charge on any atom is -0.0776 e. The third-order valence-electron chi connectivity index (χ3n) is 10.5. The molecule has 0 saturated carbocycles. The smallest absolute Gasteiger partial charge is 0.0439 e. The van der Waals surface area contributed by atoms with Gasteiger partial charge in [0.05, 0.1) is 0 Å². The van der Waals surface area contributed by atoms with E-state index in [0.717, 1.165) is 0 Å². The van der Waals surface area contributed by atoms with Crippen LogP contribution >= 0.6 is 0 Å². The molecule has 3 aromatic carbocycles. The van der Waals surface area contributed by atoms with Gasteiger partial charge < -0.3 is 0 Å². The Bertz CT molecular complexity index is 1120. The van der Waals surface area contributed by atoms with E-state index in [4.69, 9.17) is 0 Å². The highest BCUT2D eigenvalue weighted by molar-refractivity contribution is 5.68. The lowest BCUT2D eigenvalue weighted by molar-refractivity contribution is 0.652. The Morgan fingerprint density at radius 3 is 0.500 bits per heavy atom. The lowest BCUT2D eigenvalue weighted by atomic mass is 9.61. The van der Waals surface area contributed by atoms with E-state index in [9.17, 15) is 0 Å². The summed E-state index contributed by atoms with van der Waals surface area (Å²) in [6.45, 7) is 37.5. The Hall–Kier alpha value is -2.34. The van der Waals surface area contributed by atoms with Crippen LogP contribution in [0.3, 0.4) is 0 Å². The lowest BCUT2D eigenvalue weighted by Gasteiger charge is -2.42. The van der Waals surface area contributed by atoms with Crippen LogP contribution in [-0.4, -0.2) is 0 Å². The summed E-state index contributed by atoms with van der Waals surface area (Å²) in [7, 11) is 0. The molecule has 3 rings (SSSR count). The van der Waals surface area contributed by atoms with Crippen molar-refractivity contribution in [1.29, 1.82) is 0 Å². The van der Waals surface area contributed by atoms with Crippen molar-refractivity contribution in [2.45, 2.75) is 124 Å². The van der Waals surface area contributed by atoms with Crippen molar-refractivity contribution in [3.63, 3.8) is 0 Å². The number of rotatable bonds is 3. The second-order valence-electron chi connectivity index (χ2n) is 11.6. The van der Waals surface area contributed by atoms with Crippen LogP contribution in [0.5, 0.6) is 0 Å². The highest BCUT2D eigenvalue weighted by Gasteiger charge is 2.41. The SMILES string of the molecule is C.Cc1c(C)c(C)c(C(C)(c2c(C)c(C)c(C)c(C)c2C)c2c(C)c(C)c(C)c(C)c2C)c(C)c1C. The van der Waals surface area contributed by atoms with Crippen molar-refractivity contribution >= 4 is 0 Å². The lowest BCUT2D eigenvalue weighted by Crippen LogP contribution is -2.34. The molecule has 0 atom stereocenters. The maximum absolute atomic E-state index is 2.53. The Kier molecular flexibility index (Phi) is 8.17. The van der Waals surface area contributed by atoms with Crippen LogP contribution in [0.4, 0.5) is 0 Å². The molecule has 0 aliphatic carbocycles. The van der Waals surface area contributed by atoms with E-state index < -0.39 is 0 Å². The number of hydrogen-bond donors (Lipinski definition) is 0. The van der Waals surface area contributed by atoms with Crippen LogP contribution in [0.25, 0.3) is 0 Å². The molecule has 0 saturated heterocycles. The molecule has 0 nitrogen and oxygen atoms in total. The van der Waals surface area contributed by atoms with Crippen LogP contribution < -0.4 is 0 Å². The summed E-state index contributed by atoms with van der Waals surface area (Å²) < 4.78 is 0.